The van der Waals surface area contributed by atoms with Crippen LogP contribution in [0.2, 0.25) is 0 Å². The molecule has 0 fully saturated rings. The van der Waals surface area contributed by atoms with E-state index in [0.717, 1.165) is 17.2 Å². The molecule has 0 N–H and O–H groups in total. The van der Waals surface area contributed by atoms with Crippen LogP contribution in [-0.4, -0.2) is 6.29 Å². The summed E-state index contributed by atoms with van der Waals surface area (Å²) in [6.07, 6.45) is 0.893. The topological polar surface area (TPSA) is 17.1 Å². The van der Waals surface area contributed by atoms with Crippen molar-refractivity contribution in [3.63, 3.8) is 0 Å². The van der Waals surface area contributed by atoms with Crippen molar-refractivity contribution in [3.8, 4) is 0 Å². The predicted molar refractivity (Wildman–Crippen MR) is 61.7 cm³/mol. The van der Waals surface area contributed by atoms with E-state index in [2.05, 4.69) is 22.0 Å². The Morgan fingerprint density at radius 1 is 1.07 bits per heavy atom. The lowest BCUT2D eigenvalue weighted by atomic mass is 10.1. The number of hydrogen-bond donors (Lipinski definition) is 0. The number of carbonyl (C=O) groups excluding carboxylic acids is 1. The largest absolute Gasteiger partial charge is 0.302 e. The van der Waals surface area contributed by atoms with Crippen LogP contribution < -0.4 is 0 Å². The molecule has 0 heterocycles. The first-order valence-corrected chi connectivity index (χ1v) is 5.31. The third-order valence-corrected chi connectivity index (χ3v) is 2.96. The summed E-state index contributed by atoms with van der Waals surface area (Å²) in [7, 11) is 0. The molecule has 0 amide bonds. The fourth-order valence-corrected chi connectivity index (χ4v) is 1.74. The van der Waals surface area contributed by atoms with E-state index >= 15 is 0 Å². The van der Waals surface area contributed by atoms with Gasteiger partial charge in [-0.05, 0) is 22.4 Å². The van der Waals surface area contributed by atoms with E-state index in [1.807, 2.05) is 36.4 Å². The second kappa shape index (κ2) is 3.93. The van der Waals surface area contributed by atoms with Gasteiger partial charge in [0.1, 0.15) is 6.29 Å². The average Bonchev–Trinajstić information content (AvgIpc) is 2.27. The van der Waals surface area contributed by atoms with Crippen LogP contribution in [-0.2, 0) is 4.79 Å². The Morgan fingerprint density at radius 2 is 1.79 bits per heavy atom. The number of hydrogen-bond acceptors (Lipinski definition) is 1. The van der Waals surface area contributed by atoms with E-state index in [9.17, 15) is 4.79 Å². The fraction of sp³-hybridized carbons (Fsp3) is 0.0833. The van der Waals surface area contributed by atoms with Gasteiger partial charge in [-0.3, -0.25) is 0 Å². The van der Waals surface area contributed by atoms with Gasteiger partial charge in [0.2, 0.25) is 0 Å². The molecule has 0 bridgehead atoms. The first-order chi connectivity index (χ1) is 6.81. The molecule has 2 rings (SSSR count). The van der Waals surface area contributed by atoms with Gasteiger partial charge in [0.25, 0.3) is 0 Å². The van der Waals surface area contributed by atoms with Gasteiger partial charge in [0.05, 0.1) is 4.83 Å². The second-order valence-corrected chi connectivity index (χ2v) is 4.13. The minimum atomic E-state index is -0.202. The summed E-state index contributed by atoms with van der Waals surface area (Å²) in [6.45, 7) is 0. The fourth-order valence-electron chi connectivity index (χ4n) is 1.46. The molecule has 1 atom stereocenters. The quantitative estimate of drug-likeness (QED) is 0.588. The average molecular weight is 249 g/mol. The molecule has 0 aliphatic heterocycles. The number of rotatable bonds is 2. The zero-order valence-electron chi connectivity index (χ0n) is 7.48. The van der Waals surface area contributed by atoms with Gasteiger partial charge < -0.3 is 4.79 Å². The van der Waals surface area contributed by atoms with Crippen molar-refractivity contribution in [3.05, 3.63) is 48.0 Å². The lowest BCUT2D eigenvalue weighted by Gasteiger charge is -2.04. The van der Waals surface area contributed by atoms with Gasteiger partial charge >= 0.3 is 0 Å². The van der Waals surface area contributed by atoms with Gasteiger partial charge in [-0.2, -0.15) is 0 Å². The van der Waals surface area contributed by atoms with Gasteiger partial charge in [0, 0.05) is 0 Å². The summed E-state index contributed by atoms with van der Waals surface area (Å²) in [6, 6.07) is 14.1. The Balaban J connectivity index is 2.56. The second-order valence-electron chi connectivity index (χ2n) is 3.14. The first kappa shape index (κ1) is 9.41. The smallest absolute Gasteiger partial charge is 0.138 e. The number of aldehydes is 1. The highest BCUT2D eigenvalue weighted by Crippen LogP contribution is 2.24. The highest BCUT2D eigenvalue weighted by Gasteiger charge is 2.05. The Labute approximate surface area is 90.9 Å². The first-order valence-electron chi connectivity index (χ1n) is 4.39. The molecule has 0 saturated carbocycles. The molecule has 0 saturated heterocycles. The Morgan fingerprint density at radius 3 is 2.50 bits per heavy atom. The SMILES string of the molecule is O=CC(Br)c1ccc2ccccc2c1. The van der Waals surface area contributed by atoms with Crippen LogP contribution in [0.4, 0.5) is 0 Å². The van der Waals surface area contributed by atoms with E-state index < -0.39 is 0 Å². The summed E-state index contributed by atoms with van der Waals surface area (Å²) in [5.74, 6) is 0. The molecular weight excluding hydrogens is 240 g/mol. The minimum Gasteiger partial charge on any atom is -0.302 e. The molecule has 2 aromatic carbocycles. The van der Waals surface area contributed by atoms with E-state index in [4.69, 9.17) is 0 Å². The third kappa shape index (κ3) is 1.70. The molecule has 70 valence electrons. The van der Waals surface area contributed by atoms with Crippen molar-refractivity contribution in [2.75, 3.05) is 0 Å². The van der Waals surface area contributed by atoms with Gasteiger partial charge in [-0.1, -0.05) is 52.3 Å². The Kier molecular flexibility index (Phi) is 2.64. The Hall–Kier alpha value is -1.15. The number of benzene rings is 2. The molecule has 0 spiro atoms. The van der Waals surface area contributed by atoms with Crippen molar-refractivity contribution in [1.29, 1.82) is 0 Å². The number of halogens is 1. The summed E-state index contributed by atoms with van der Waals surface area (Å²) in [5.41, 5.74) is 0.999. The van der Waals surface area contributed by atoms with Crippen LogP contribution in [0.5, 0.6) is 0 Å². The van der Waals surface area contributed by atoms with Crippen molar-refractivity contribution in [1.82, 2.24) is 0 Å². The van der Waals surface area contributed by atoms with Crippen LogP contribution in [0.3, 0.4) is 0 Å². The molecular formula is C12H9BrO. The predicted octanol–water partition coefficient (Wildman–Crippen LogP) is 3.47. The molecule has 2 heteroatoms. The maximum atomic E-state index is 10.6. The standard InChI is InChI=1S/C12H9BrO/c13-12(8-14)11-6-5-9-3-1-2-4-10(9)7-11/h1-8,12H. The van der Waals surface area contributed by atoms with E-state index in [1.165, 1.54) is 5.39 Å². The molecule has 14 heavy (non-hydrogen) atoms. The molecule has 0 radical (unpaired) electrons. The van der Waals surface area contributed by atoms with E-state index in [0.29, 0.717) is 0 Å². The third-order valence-electron chi connectivity index (χ3n) is 2.21. The van der Waals surface area contributed by atoms with Gasteiger partial charge in [0.15, 0.2) is 0 Å². The van der Waals surface area contributed by atoms with Crippen LogP contribution in [0.25, 0.3) is 10.8 Å². The van der Waals surface area contributed by atoms with Gasteiger partial charge in [-0.25, -0.2) is 0 Å². The lowest BCUT2D eigenvalue weighted by molar-refractivity contribution is -0.107. The van der Waals surface area contributed by atoms with E-state index in [-0.39, 0.29) is 4.83 Å². The van der Waals surface area contributed by atoms with Crippen LogP contribution in [0.15, 0.2) is 42.5 Å². The maximum absolute atomic E-state index is 10.6. The number of carbonyl (C=O) groups is 1. The van der Waals surface area contributed by atoms with Crippen molar-refractivity contribution in [2.24, 2.45) is 0 Å². The van der Waals surface area contributed by atoms with Crippen molar-refractivity contribution < 1.29 is 4.79 Å². The van der Waals surface area contributed by atoms with Crippen molar-refractivity contribution in [2.45, 2.75) is 4.83 Å². The molecule has 1 nitrogen and oxygen atoms in total. The molecule has 1 unspecified atom stereocenters. The van der Waals surface area contributed by atoms with Crippen molar-refractivity contribution >= 4 is 33.0 Å². The minimum absolute atomic E-state index is 0.202. The number of fused-ring (bicyclic) bond motifs is 1. The maximum Gasteiger partial charge on any atom is 0.138 e. The normalized spacial score (nSPS) is 12.6. The Bertz CT molecular complexity index is 465. The molecule has 2 aromatic rings. The van der Waals surface area contributed by atoms with E-state index in [1.54, 1.807) is 0 Å². The molecule has 0 aliphatic rings. The highest BCUT2D eigenvalue weighted by molar-refractivity contribution is 9.09. The molecule has 0 aliphatic carbocycles. The van der Waals surface area contributed by atoms with Crippen LogP contribution >= 0.6 is 15.9 Å². The monoisotopic (exact) mass is 248 g/mol. The molecule has 0 aromatic heterocycles. The summed E-state index contributed by atoms with van der Waals surface area (Å²) in [4.78, 5) is 10.4. The van der Waals surface area contributed by atoms with Crippen LogP contribution in [0.1, 0.15) is 10.4 Å². The van der Waals surface area contributed by atoms with Gasteiger partial charge in [-0.15, -0.1) is 0 Å². The summed E-state index contributed by atoms with van der Waals surface area (Å²) >= 11 is 3.30. The summed E-state index contributed by atoms with van der Waals surface area (Å²) in [5, 5.41) is 2.36. The number of alkyl halides is 1. The van der Waals surface area contributed by atoms with Crippen LogP contribution in [0, 0.1) is 0 Å². The highest BCUT2D eigenvalue weighted by atomic mass is 79.9. The lowest BCUT2D eigenvalue weighted by Crippen LogP contribution is -1.89. The zero-order valence-corrected chi connectivity index (χ0v) is 9.07. The summed E-state index contributed by atoms with van der Waals surface area (Å²) < 4.78 is 0. The zero-order chi connectivity index (χ0) is 9.97.